The van der Waals surface area contributed by atoms with Gasteiger partial charge in [-0.3, -0.25) is 0 Å². The van der Waals surface area contributed by atoms with Crippen LogP contribution in [0.4, 0.5) is 4.39 Å². The molecule has 1 atom stereocenters. The number of phenols is 1. The molecule has 3 aromatic rings. The van der Waals surface area contributed by atoms with Crippen LogP contribution in [-0.4, -0.2) is 5.11 Å². The Labute approximate surface area is 157 Å². The molecule has 0 spiro atoms. The number of fused-ring (bicyclic) bond motifs is 1. The summed E-state index contributed by atoms with van der Waals surface area (Å²) in [4.78, 5) is 11.9. The van der Waals surface area contributed by atoms with E-state index in [1.807, 2.05) is 13.0 Å². The Kier molecular flexibility index (Phi) is 5.61. The van der Waals surface area contributed by atoms with Crippen LogP contribution in [0.2, 0.25) is 0 Å². The monoisotopic (exact) mass is 369 g/mol. The van der Waals surface area contributed by atoms with Gasteiger partial charge in [0.2, 0.25) is 0 Å². The van der Waals surface area contributed by atoms with E-state index < -0.39 is 5.63 Å². The Morgan fingerprint density at radius 3 is 2.44 bits per heavy atom. The smallest absolute Gasteiger partial charge is 0.336 e. The van der Waals surface area contributed by atoms with Gasteiger partial charge >= 0.3 is 5.63 Å². The predicted octanol–water partition coefficient (Wildman–Crippen LogP) is 4.69. The fourth-order valence-electron chi connectivity index (χ4n) is 3.37. The van der Waals surface area contributed by atoms with Crippen molar-refractivity contribution < 1.29 is 13.9 Å². The summed E-state index contributed by atoms with van der Waals surface area (Å²) in [7, 11) is 0. The van der Waals surface area contributed by atoms with Crippen molar-refractivity contribution in [3.63, 3.8) is 0 Å². The number of nitrogens with one attached hydrogen (secondary N) is 1. The fraction of sp³-hybridized carbons (Fsp3) is 0.318. The van der Waals surface area contributed by atoms with Crippen LogP contribution in [-0.2, 0) is 13.0 Å². The molecule has 0 amide bonds. The molecule has 0 saturated heterocycles. The second kappa shape index (κ2) is 7.92. The highest BCUT2D eigenvalue weighted by molar-refractivity contribution is 5.82. The van der Waals surface area contributed by atoms with Crippen LogP contribution in [0, 0.1) is 11.7 Å². The maximum atomic E-state index is 13.2. The molecule has 2 N–H and O–H groups in total. The van der Waals surface area contributed by atoms with Crippen LogP contribution in [0.25, 0.3) is 11.0 Å². The van der Waals surface area contributed by atoms with E-state index in [1.165, 1.54) is 24.3 Å². The van der Waals surface area contributed by atoms with E-state index in [0.717, 1.165) is 22.1 Å². The van der Waals surface area contributed by atoms with E-state index in [2.05, 4.69) is 19.2 Å². The third-order valence-corrected chi connectivity index (χ3v) is 4.82. The quantitative estimate of drug-likeness (QED) is 0.619. The zero-order chi connectivity index (χ0) is 19.6. The zero-order valence-corrected chi connectivity index (χ0v) is 15.8. The third kappa shape index (κ3) is 4.19. The minimum atomic E-state index is -0.453. The highest BCUT2D eigenvalue weighted by Crippen LogP contribution is 2.28. The molecule has 0 saturated carbocycles. The highest BCUT2D eigenvalue weighted by Gasteiger charge is 2.17. The van der Waals surface area contributed by atoms with Crippen molar-refractivity contribution >= 4 is 11.0 Å². The molecule has 27 heavy (non-hydrogen) atoms. The molecule has 1 aromatic heterocycles. The first kappa shape index (κ1) is 19.1. The molecule has 0 unspecified atom stereocenters. The van der Waals surface area contributed by atoms with E-state index in [4.69, 9.17) is 4.42 Å². The van der Waals surface area contributed by atoms with E-state index in [0.29, 0.717) is 18.5 Å². The molecule has 0 fully saturated rings. The lowest BCUT2D eigenvalue weighted by molar-refractivity contribution is 0.410. The fourth-order valence-corrected chi connectivity index (χ4v) is 3.37. The van der Waals surface area contributed by atoms with Gasteiger partial charge in [-0.15, -0.1) is 0 Å². The first-order valence-electron chi connectivity index (χ1n) is 9.16. The van der Waals surface area contributed by atoms with Gasteiger partial charge in [0.1, 0.15) is 17.1 Å². The van der Waals surface area contributed by atoms with Gasteiger partial charge < -0.3 is 14.8 Å². The van der Waals surface area contributed by atoms with Crippen molar-refractivity contribution in [2.24, 2.45) is 5.92 Å². The van der Waals surface area contributed by atoms with Crippen LogP contribution in [0.3, 0.4) is 0 Å². The largest absolute Gasteiger partial charge is 0.508 e. The van der Waals surface area contributed by atoms with Crippen molar-refractivity contribution in [3.05, 3.63) is 75.4 Å². The number of benzene rings is 2. The Hall–Kier alpha value is -2.66. The minimum Gasteiger partial charge on any atom is -0.508 e. The second-order valence-corrected chi connectivity index (χ2v) is 7.08. The maximum absolute atomic E-state index is 13.2. The number of aryl methyl sites for hydroxylation is 1. The average molecular weight is 369 g/mol. The molecular weight excluding hydrogens is 345 g/mol. The van der Waals surface area contributed by atoms with E-state index in [-0.39, 0.29) is 23.5 Å². The molecule has 2 aromatic carbocycles. The van der Waals surface area contributed by atoms with E-state index in [9.17, 15) is 14.3 Å². The maximum Gasteiger partial charge on any atom is 0.336 e. The third-order valence-electron chi connectivity index (χ3n) is 4.82. The number of halogens is 1. The van der Waals surface area contributed by atoms with Crippen LogP contribution in [0.15, 0.2) is 51.7 Å². The van der Waals surface area contributed by atoms with Crippen LogP contribution < -0.4 is 10.9 Å². The summed E-state index contributed by atoms with van der Waals surface area (Å²) in [5.41, 5.74) is 2.52. The number of aromatic hydroxyl groups is 1. The summed E-state index contributed by atoms with van der Waals surface area (Å²) < 4.78 is 18.5. The average Bonchev–Trinajstić information content (AvgIpc) is 2.62. The van der Waals surface area contributed by atoms with Gasteiger partial charge in [-0.1, -0.05) is 32.9 Å². The summed E-state index contributed by atoms with van der Waals surface area (Å²) in [6.45, 7) is 6.59. The molecule has 1 heterocycles. The van der Waals surface area contributed by atoms with Crippen LogP contribution in [0.5, 0.6) is 5.75 Å². The Balaban J connectivity index is 1.95. The summed E-state index contributed by atoms with van der Waals surface area (Å²) in [6.07, 6.45) is 0.679. The lowest BCUT2D eigenvalue weighted by Gasteiger charge is -2.23. The first-order valence-corrected chi connectivity index (χ1v) is 9.16. The summed E-state index contributed by atoms with van der Waals surface area (Å²) in [5, 5.41) is 14.3. The van der Waals surface area contributed by atoms with Gasteiger partial charge in [-0.2, -0.15) is 0 Å². The summed E-state index contributed by atoms with van der Waals surface area (Å²) >= 11 is 0. The topological polar surface area (TPSA) is 62.5 Å². The molecular formula is C22H24FNO3. The Morgan fingerprint density at radius 1 is 1.11 bits per heavy atom. The summed E-state index contributed by atoms with van der Waals surface area (Å²) in [5.74, 6) is 0.140. The van der Waals surface area contributed by atoms with Gasteiger partial charge in [-0.05, 0) is 47.2 Å². The molecule has 5 heteroatoms. The summed E-state index contributed by atoms with van der Waals surface area (Å²) in [6, 6.07) is 11.3. The zero-order valence-electron chi connectivity index (χ0n) is 15.8. The van der Waals surface area contributed by atoms with Crippen molar-refractivity contribution in [2.45, 2.75) is 39.8 Å². The molecule has 0 aliphatic carbocycles. The predicted molar refractivity (Wildman–Crippen MR) is 104 cm³/mol. The second-order valence-electron chi connectivity index (χ2n) is 7.08. The molecule has 0 radical (unpaired) electrons. The molecule has 3 rings (SSSR count). The standard InChI is InChI=1S/C22H24FNO3/c1-4-14-9-18-16(10-21(26)27-20(18)11-19(14)25)12-24-22(13(2)3)15-5-7-17(23)8-6-15/h5-11,13,22,24-25H,4,12H2,1-3H3/t22-/m1/s1. The van der Waals surface area contributed by atoms with Gasteiger partial charge in [0.15, 0.2) is 0 Å². The molecule has 0 bridgehead atoms. The number of hydrogen-bond donors (Lipinski definition) is 2. The normalized spacial score (nSPS) is 12.6. The van der Waals surface area contributed by atoms with Gasteiger partial charge in [0.25, 0.3) is 0 Å². The van der Waals surface area contributed by atoms with Gasteiger partial charge in [-0.25, -0.2) is 9.18 Å². The van der Waals surface area contributed by atoms with Crippen molar-refractivity contribution in [1.29, 1.82) is 0 Å². The van der Waals surface area contributed by atoms with Crippen molar-refractivity contribution in [3.8, 4) is 5.75 Å². The number of hydrogen-bond acceptors (Lipinski definition) is 4. The molecule has 142 valence electrons. The SMILES string of the molecule is CCc1cc2c(CN[C@@H](c3ccc(F)cc3)C(C)C)cc(=O)oc2cc1O. The lowest BCUT2D eigenvalue weighted by atomic mass is 9.95. The Morgan fingerprint density at radius 2 is 1.81 bits per heavy atom. The molecule has 0 aliphatic rings. The van der Waals surface area contributed by atoms with Gasteiger partial charge in [0.05, 0.1) is 0 Å². The van der Waals surface area contributed by atoms with Crippen LogP contribution >= 0.6 is 0 Å². The number of rotatable bonds is 6. The highest BCUT2D eigenvalue weighted by atomic mass is 19.1. The van der Waals surface area contributed by atoms with Crippen molar-refractivity contribution in [2.75, 3.05) is 0 Å². The molecule has 0 aliphatic heterocycles. The molecule has 4 nitrogen and oxygen atoms in total. The Bertz CT molecular complexity index is 993. The number of phenolic OH excluding ortho intramolecular Hbond substituents is 1. The first-order chi connectivity index (χ1) is 12.9. The lowest BCUT2D eigenvalue weighted by Crippen LogP contribution is -2.26. The van der Waals surface area contributed by atoms with Gasteiger partial charge in [0, 0.05) is 30.1 Å². The van der Waals surface area contributed by atoms with E-state index in [1.54, 1.807) is 12.1 Å². The van der Waals surface area contributed by atoms with Crippen molar-refractivity contribution in [1.82, 2.24) is 5.32 Å². The van der Waals surface area contributed by atoms with Crippen LogP contribution in [0.1, 0.15) is 43.5 Å². The van der Waals surface area contributed by atoms with E-state index >= 15 is 0 Å². The minimum absolute atomic E-state index is 0.00987.